The van der Waals surface area contributed by atoms with E-state index >= 15 is 0 Å². The number of H-pyrrole nitrogens is 1. The first kappa shape index (κ1) is 13.5. The second-order valence-electron chi connectivity index (χ2n) is 4.91. The molecular weight excluding hydrogens is 325 g/mol. The number of benzene rings is 1. The van der Waals surface area contributed by atoms with E-state index in [1.54, 1.807) is 12.1 Å². The first-order valence-corrected chi connectivity index (χ1v) is 7.29. The molecule has 0 saturated carbocycles. The van der Waals surface area contributed by atoms with Gasteiger partial charge in [0.15, 0.2) is 5.82 Å². The minimum absolute atomic E-state index is 0.288. The number of aromatic nitrogens is 3. The fourth-order valence-electron chi connectivity index (χ4n) is 2.28. The minimum Gasteiger partial charge on any atom is -0.337 e. The van der Waals surface area contributed by atoms with Gasteiger partial charge in [0.2, 0.25) is 5.95 Å². The van der Waals surface area contributed by atoms with E-state index in [0.29, 0.717) is 22.3 Å². The molecule has 1 unspecified atom stereocenters. The lowest BCUT2D eigenvalue weighted by Gasteiger charge is -2.30. The van der Waals surface area contributed by atoms with Crippen LogP contribution in [0.2, 0.25) is 0 Å². The minimum atomic E-state index is -0.288. The molecule has 1 aliphatic rings. The van der Waals surface area contributed by atoms with Crippen molar-refractivity contribution in [3.05, 3.63) is 28.5 Å². The van der Waals surface area contributed by atoms with Crippen LogP contribution in [0.3, 0.4) is 0 Å². The van der Waals surface area contributed by atoms with E-state index in [9.17, 15) is 4.39 Å². The van der Waals surface area contributed by atoms with E-state index in [1.165, 1.54) is 6.07 Å². The SMILES string of the molecule is CC1CN(c2n[nH]c(-c3ccc(F)c(Br)c3)n2)CCN1. The molecule has 1 atom stereocenters. The van der Waals surface area contributed by atoms with Gasteiger partial charge in [0, 0.05) is 31.2 Å². The van der Waals surface area contributed by atoms with Crippen molar-refractivity contribution in [1.82, 2.24) is 20.5 Å². The highest BCUT2D eigenvalue weighted by molar-refractivity contribution is 9.10. The third-order valence-corrected chi connectivity index (χ3v) is 3.93. The number of hydrogen-bond acceptors (Lipinski definition) is 4. The molecule has 7 heteroatoms. The van der Waals surface area contributed by atoms with Gasteiger partial charge in [0.1, 0.15) is 5.82 Å². The normalized spacial score (nSPS) is 19.4. The molecule has 1 aromatic carbocycles. The Morgan fingerprint density at radius 3 is 3.05 bits per heavy atom. The summed E-state index contributed by atoms with van der Waals surface area (Å²) in [6.45, 7) is 4.82. The number of hydrogen-bond donors (Lipinski definition) is 2. The maximum Gasteiger partial charge on any atom is 0.245 e. The van der Waals surface area contributed by atoms with Gasteiger partial charge >= 0.3 is 0 Å². The number of piperazine rings is 1. The van der Waals surface area contributed by atoms with Crippen LogP contribution < -0.4 is 10.2 Å². The van der Waals surface area contributed by atoms with Crippen LogP contribution in [-0.2, 0) is 0 Å². The molecule has 0 amide bonds. The highest BCUT2D eigenvalue weighted by Gasteiger charge is 2.19. The Balaban J connectivity index is 1.84. The third-order valence-electron chi connectivity index (χ3n) is 3.32. The second kappa shape index (κ2) is 5.49. The zero-order valence-corrected chi connectivity index (χ0v) is 12.6. The fourth-order valence-corrected chi connectivity index (χ4v) is 2.66. The quantitative estimate of drug-likeness (QED) is 0.880. The van der Waals surface area contributed by atoms with Crippen LogP contribution in [0.1, 0.15) is 6.92 Å². The van der Waals surface area contributed by atoms with Crippen LogP contribution in [-0.4, -0.2) is 40.9 Å². The lowest BCUT2D eigenvalue weighted by Crippen LogP contribution is -2.49. The van der Waals surface area contributed by atoms with E-state index in [4.69, 9.17) is 0 Å². The van der Waals surface area contributed by atoms with E-state index < -0.39 is 0 Å². The van der Waals surface area contributed by atoms with Crippen molar-refractivity contribution in [2.24, 2.45) is 0 Å². The van der Waals surface area contributed by atoms with Crippen molar-refractivity contribution in [2.75, 3.05) is 24.5 Å². The summed E-state index contributed by atoms with van der Waals surface area (Å²) in [4.78, 5) is 6.64. The molecule has 1 aliphatic heterocycles. The molecule has 0 spiro atoms. The van der Waals surface area contributed by atoms with Crippen LogP contribution in [0, 0.1) is 5.82 Å². The van der Waals surface area contributed by atoms with E-state index in [-0.39, 0.29) is 5.82 Å². The first-order valence-electron chi connectivity index (χ1n) is 6.49. The Bertz CT molecular complexity index is 615. The zero-order chi connectivity index (χ0) is 14.1. The maximum atomic E-state index is 13.2. The highest BCUT2D eigenvalue weighted by atomic mass is 79.9. The number of rotatable bonds is 2. The van der Waals surface area contributed by atoms with Gasteiger partial charge in [-0.25, -0.2) is 4.39 Å². The molecule has 1 fully saturated rings. The Kier molecular flexibility index (Phi) is 3.71. The molecule has 0 aliphatic carbocycles. The number of nitrogens with one attached hydrogen (secondary N) is 2. The van der Waals surface area contributed by atoms with Crippen LogP contribution in [0.5, 0.6) is 0 Å². The van der Waals surface area contributed by atoms with Crippen molar-refractivity contribution in [3.8, 4) is 11.4 Å². The average Bonchev–Trinajstić information content (AvgIpc) is 2.92. The molecule has 5 nitrogen and oxygen atoms in total. The number of aromatic amines is 1. The fraction of sp³-hybridized carbons (Fsp3) is 0.385. The van der Waals surface area contributed by atoms with Crippen molar-refractivity contribution in [2.45, 2.75) is 13.0 Å². The summed E-state index contributed by atoms with van der Waals surface area (Å²) in [6, 6.07) is 5.21. The molecule has 2 heterocycles. The molecule has 3 rings (SSSR count). The number of anilines is 1. The molecule has 2 aromatic rings. The second-order valence-corrected chi connectivity index (χ2v) is 5.77. The molecule has 0 radical (unpaired) electrons. The summed E-state index contributed by atoms with van der Waals surface area (Å²) in [5.41, 5.74) is 0.806. The van der Waals surface area contributed by atoms with E-state index in [0.717, 1.165) is 25.2 Å². The lowest BCUT2D eigenvalue weighted by atomic mass is 10.2. The monoisotopic (exact) mass is 339 g/mol. The Labute approximate surface area is 124 Å². The smallest absolute Gasteiger partial charge is 0.245 e. The van der Waals surface area contributed by atoms with Gasteiger partial charge in [-0.05, 0) is 41.1 Å². The van der Waals surface area contributed by atoms with Gasteiger partial charge in [-0.3, -0.25) is 5.10 Å². The van der Waals surface area contributed by atoms with Crippen molar-refractivity contribution in [1.29, 1.82) is 0 Å². The molecule has 1 aromatic heterocycles. The van der Waals surface area contributed by atoms with Crippen LogP contribution >= 0.6 is 15.9 Å². The van der Waals surface area contributed by atoms with Crippen molar-refractivity contribution in [3.63, 3.8) is 0 Å². The summed E-state index contributed by atoms with van der Waals surface area (Å²) in [6.07, 6.45) is 0. The first-order chi connectivity index (χ1) is 9.63. The average molecular weight is 340 g/mol. The Morgan fingerprint density at radius 2 is 2.30 bits per heavy atom. The van der Waals surface area contributed by atoms with E-state index in [1.807, 2.05) is 0 Å². The van der Waals surface area contributed by atoms with Crippen LogP contribution in [0.25, 0.3) is 11.4 Å². The molecule has 20 heavy (non-hydrogen) atoms. The predicted molar refractivity (Wildman–Crippen MR) is 79.2 cm³/mol. The maximum absolute atomic E-state index is 13.2. The number of halogens is 2. The van der Waals surface area contributed by atoms with Gasteiger partial charge < -0.3 is 10.2 Å². The van der Waals surface area contributed by atoms with Gasteiger partial charge in [-0.1, -0.05) is 0 Å². The summed E-state index contributed by atoms with van der Waals surface area (Å²) in [7, 11) is 0. The molecule has 106 valence electrons. The van der Waals surface area contributed by atoms with Gasteiger partial charge in [-0.15, -0.1) is 5.10 Å². The van der Waals surface area contributed by atoms with Gasteiger partial charge in [0.25, 0.3) is 0 Å². The number of nitrogens with zero attached hydrogens (tertiary/aromatic N) is 3. The standard InChI is InChI=1S/C13H15BrFN5/c1-8-7-20(5-4-16-8)13-17-12(18-19-13)9-2-3-11(15)10(14)6-9/h2-3,6,8,16H,4-5,7H2,1H3,(H,17,18,19). The lowest BCUT2D eigenvalue weighted by molar-refractivity contribution is 0.480. The molecule has 0 bridgehead atoms. The summed E-state index contributed by atoms with van der Waals surface area (Å²) in [5, 5.41) is 10.5. The summed E-state index contributed by atoms with van der Waals surface area (Å²) in [5.74, 6) is 1.05. The molecule has 2 N–H and O–H groups in total. The van der Waals surface area contributed by atoms with Gasteiger partial charge in [-0.2, -0.15) is 4.98 Å². The largest absolute Gasteiger partial charge is 0.337 e. The molecular formula is C13H15BrFN5. The van der Waals surface area contributed by atoms with E-state index in [2.05, 4.69) is 48.3 Å². The van der Waals surface area contributed by atoms with Crippen LogP contribution in [0.15, 0.2) is 22.7 Å². The topological polar surface area (TPSA) is 56.8 Å². The predicted octanol–water partition coefficient (Wildman–Crippen LogP) is 2.17. The highest BCUT2D eigenvalue weighted by Crippen LogP contribution is 2.24. The Hall–Kier alpha value is -1.47. The molecule has 1 saturated heterocycles. The van der Waals surface area contributed by atoms with Crippen molar-refractivity contribution < 1.29 is 4.39 Å². The zero-order valence-electron chi connectivity index (χ0n) is 11.0. The van der Waals surface area contributed by atoms with Crippen LogP contribution in [0.4, 0.5) is 10.3 Å². The summed E-state index contributed by atoms with van der Waals surface area (Å²) < 4.78 is 13.7. The van der Waals surface area contributed by atoms with Gasteiger partial charge in [0.05, 0.1) is 4.47 Å². The van der Waals surface area contributed by atoms with Crippen molar-refractivity contribution >= 4 is 21.9 Å². The Morgan fingerprint density at radius 1 is 1.45 bits per heavy atom. The third kappa shape index (κ3) is 2.69. The summed E-state index contributed by atoms with van der Waals surface area (Å²) >= 11 is 3.18.